The van der Waals surface area contributed by atoms with E-state index in [1.807, 2.05) is 31.6 Å². The van der Waals surface area contributed by atoms with Crippen LogP contribution in [-0.4, -0.2) is 35.9 Å². The Labute approximate surface area is 133 Å². The predicted octanol–water partition coefficient (Wildman–Crippen LogP) is 0.943. The maximum Gasteiger partial charge on any atom is 0.251 e. The normalized spacial score (nSPS) is 10.7. The number of rotatable bonds is 4. The molecule has 118 valence electrons. The average molecular weight is 311 g/mol. The molecule has 0 radical (unpaired) electrons. The molecule has 1 N–H and O–H groups in total. The minimum atomic E-state index is -0.150. The van der Waals surface area contributed by atoms with Gasteiger partial charge in [0.1, 0.15) is 6.33 Å². The van der Waals surface area contributed by atoms with Gasteiger partial charge in [-0.1, -0.05) is 6.07 Å². The van der Waals surface area contributed by atoms with Crippen LogP contribution in [-0.2, 0) is 13.6 Å². The highest BCUT2D eigenvalue weighted by Crippen LogP contribution is 2.12. The third kappa shape index (κ3) is 2.96. The molecule has 3 aromatic rings. The summed E-state index contributed by atoms with van der Waals surface area (Å²) in [5.41, 5.74) is 4.30. The highest BCUT2D eigenvalue weighted by Gasteiger charge is 2.12. The van der Waals surface area contributed by atoms with E-state index in [0.29, 0.717) is 12.1 Å². The van der Waals surface area contributed by atoms with Crippen molar-refractivity contribution in [1.29, 1.82) is 0 Å². The van der Waals surface area contributed by atoms with Crippen molar-refractivity contribution in [3.05, 3.63) is 53.1 Å². The van der Waals surface area contributed by atoms with Crippen LogP contribution in [0.3, 0.4) is 0 Å². The molecular formula is C15H17N7O. The van der Waals surface area contributed by atoms with E-state index in [4.69, 9.17) is 0 Å². The Hall–Kier alpha value is -3.03. The quantitative estimate of drug-likeness (QED) is 0.774. The van der Waals surface area contributed by atoms with E-state index in [1.54, 1.807) is 18.2 Å². The monoisotopic (exact) mass is 311 g/mol. The molecule has 0 spiro atoms. The van der Waals surface area contributed by atoms with E-state index in [9.17, 15) is 4.79 Å². The number of amides is 1. The lowest BCUT2D eigenvalue weighted by Gasteiger charge is -2.07. The van der Waals surface area contributed by atoms with Crippen LogP contribution < -0.4 is 5.32 Å². The second-order valence-corrected chi connectivity index (χ2v) is 5.26. The van der Waals surface area contributed by atoms with Gasteiger partial charge in [-0.3, -0.25) is 9.48 Å². The molecule has 1 aromatic carbocycles. The van der Waals surface area contributed by atoms with Crippen molar-refractivity contribution in [3.63, 3.8) is 0 Å². The van der Waals surface area contributed by atoms with E-state index in [0.717, 1.165) is 22.6 Å². The zero-order valence-electron chi connectivity index (χ0n) is 13.2. The SMILES string of the molecule is Cc1nn(C)c(C)c1CNC(=O)c1cccc(-n2cnnn2)c1. The molecule has 0 saturated heterocycles. The number of nitrogens with one attached hydrogen (secondary N) is 1. The molecule has 0 unspecified atom stereocenters. The van der Waals surface area contributed by atoms with Crippen molar-refractivity contribution in [2.45, 2.75) is 20.4 Å². The number of carbonyl (C=O) groups is 1. The summed E-state index contributed by atoms with van der Waals surface area (Å²) >= 11 is 0. The van der Waals surface area contributed by atoms with Crippen LogP contribution in [0.5, 0.6) is 0 Å². The van der Waals surface area contributed by atoms with Crippen LogP contribution in [0.25, 0.3) is 5.69 Å². The Kier molecular flexibility index (Phi) is 3.88. The third-order valence-corrected chi connectivity index (χ3v) is 3.81. The predicted molar refractivity (Wildman–Crippen MR) is 83.0 cm³/mol. The molecule has 0 atom stereocenters. The second-order valence-electron chi connectivity index (χ2n) is 5.26. The van der Waals surface area contributed by atoms with E-state index < -0.39 is 0 Å². The van der Waals surface area contributed by atoms with Crippen molar-refractivity contribution in [2.75, 3.05) is 0 Å². The topological polar surface area (TPSA) is 90.5 Å². The van der Waals surface area contributed by atoms with E-state index in [1.165, 1.54) is 11.0 Å². The third-order valence-electron chi connectivity index (χ3n) is 3.81. The minimum Gasteiger partial charge on any atom is -0.348 e. The number of aromatic nitrogens is 6. The van der Waals surface area contributed by atoms with Gasteiger partial charge >= 0.3 is 0 Å². The van der Waals surface area contributed by atoms with Crippen molar-refractivity contribution >= 4 is 5.91 Å². The zero-order valence-corrected chi connectivity index (χ0v) is 13.2. The fourth-order valence-corrected chi connectivity index (χ4v) is 2.41. The molecule has 1 amide bonds. The van der Waals surface area contributed by atoms with Gasteiger partial charge in [-0.15, -0.1) is 5.10 Å². The number of nitrogens with zero attached hydrogens (tertiary/aromatic N) is 6. The molecule has 2 heterocycles. The van der Waals surface area contributed by atoms with Crippen LogP contribution in [0.4, 0.5) is 0 Å². The molecule has 0 aliphatic heterocycles. The van der Waals surface area contributed by atoms with Crippen LogP contribution in [0, 0.1) is 13.8 Å². The summed E-state index contributed by atoms with van der Waals surface area (Å²) in [6.07, 6.45) is 1.49. The Morgan fingerprint density at radius 1 is 1.30 bits per heavy atom. The molecule has 3 rings (SSSR count). The van der Waals surface area contributed by atoms with Gasteiger partial charge in [0.15, 0.2) is 0 Å². The zero-order chi connectivity index (χ0) is 16.4. The fourth-order valence-electron chi connectivity index (χ4n) is 2.41. The first-order valence-electron chi connectivity index (χ1n) is 7.17. The lowest BCUT2D eigenvalue weighted by Crippen LogP contribution is -2.23. The second kappa shape index (κ2) is 5.99. The Balaban J connectivity index is 1.75. The molecule has 2 aromatic heterocycles. The van der Waals surface area contributed by atoms with E-state index in [-0.39, 0.29) is 5.91 Å². The first-order chi connectivity index (χ1) is 11.1. The number of hydrogen-bond acceptors (Lipinski definition) is 5. The van der Waals surface area contributed by atoms with E-state index >= 15 is 0 Å². The summed E-state index contributed by atoms with van der Waals surface area (Å²) in [6, 6.07) is 7.13. The Morgan fingerprint density at radius 3 is 2.78 bits per heavy atom. The highest BCUT2D eigenvalue weighted by molar-refractivity contribution is 5.94. The van der Waals surface area contributed by atoms with E-state index in [2.05, 4.69) is 25.9 Å². The first-order valence-corrected chi connectivity index (χ1v) is 7.17. The van der Waals surface area contributed by atoms with Crippen LogP contribution >= 0.6 is 0 Å². The molecule has 0 bridgehead atoms. The number of carbonyl (C=O) groups excluding carboxylic acids is 1. The molecule has 0 fully saturated rings. The number of benzene rings is 1. The van der Waals surface area contributed by atoms with Gasteiger partial charge in [-0.2, -0.15) is 5.10 Å². The smallest absolute Gasteiger partial charge is 0.251 e. The van der Waals surface area contributed by atoms with Gasteiger partial charge in [0.25, 0.3) is 5.91 Å². The molecular weight excluding hydrogens is 294 g/mol. The van der Waals surface area contributed by atoms with Gasteiger partial charge < -0.3 is 5.32 Å². The molecule has 0 aliphatic carbocycles. The number of tetrazole rings is 1. The standard InChI is InChI=1S/C15H17N7O/c1-10-14(11(2)21(3)18-10)8-16-15(23)12-5-4-6-13(7-12)22-9-17-19-20-22/h4-7,9H,8H2,1-3H3,(H,16,23). The average Bonchev–Trinajstić information content (AvgIpc) is 3.16. The van der Waals surface area contributed by atoms with Crippen molar-refractivity contribution < 1.29 is 4.79 Å². The number of aryl methyl sites for hydroxylation is 2. The number of hydrogen-bond donors (Lipinski definition) is 1. The summed E-state index contributed by atoms with van der Waals surface area (Å²) < 4.78 is 3.32. The van der Waals surface area contributed by atoms with Gasteiger partial charge in [0.05, 0.1) is 11.4 Å². The molecule has 0 aliphatic rings. The summed E-state index contributed by atoms with van der Waals surface area (Å²) in [5.74, 6) is -0.150. The summed E-state index contributed by atoms with van der Waals surface area (Å²) in [7, 11) is 1.89. The first kappa shape index (κ1) is 14.9. The highest BCUT2D eigenvalue weighted by atomic mass is 16.1. The Morgan fingerprint density at radius 2 is 2.13 bits per heavy atom. The van der Waals surface area contributed by atoms with Crippen molar-refractivity contribution in [3.8, 4) is 5.69 Å². The van der Waals surface area contributed by atoms with Crippen LogP contribution in [0.15, 0.2) is 30.6 Å². The van der Waals surface area contributed by atoms with Gasteiger partial charge in [0, 0.05) is 30.4 Å². The minimum absolute atomic E-state index is 0.150. The van der Waals surface area contributed by atoms with Gasteiger partial charge in [-0.05, 0) is 42.5 Å². The maximum atomic E-state index is 12.4. The van der Waals surface area contributed by atoms with Gasteiger partial charge in [-0.25, -0.2) is 4.68 Å². The lowest BCUT2D eigenvalue weighted by molar-refractivity contribution is 0.0951. The summed E-state index contributed by atoms with van der Waals surface area (Å²) in [4.78, 5) is 12.4. The molecule has 0 saturated carbocycles. The Bertz CT molecular complexity index is 836. The van der Waals surface area contributed by atoms with Crippen molar-refractivity contribution in [1.82, 2.24) is 35.3 Å². The summed E-state index contributed by atoms with van der Waals surface area (Å²) in [6.45, 7) is 4.37. The maximum absolute atomic E-state index is 12.4. The summed E-state index contributed by atoms with van der Waals surface area (Å²) in [5, 5.41) is 18.3. The van der Waals surface area contributed by atoms with Crippen molar-refractivity contribution in [2.24, 2.45) is 7.05 Å². The molecule has 8 heteroatoms. The fraction of sp³-hybridized carbons (Fsp3) is 0.267. The molecule has 8 nitrogen and oxygen atoms in total. The van der Waals surface area contributed by atoms with Crippen LogP contribution in [0.2, 0.25) is 0 Å². The van der Waals surface area contributed by atoms with Gasteiger partial charge in [0.2, 0.25) is 0 Å². The molecule has 23 heavy (non-hydrogen) atoms. The largest absolute Gasteiger partial charge is 0.348 e. The lowest BCUT2D eigenvalue weighted by atomic mass is 10.1. The van der Waals surface area contributed by atoms with Crippen LogP contribution in [0.1, 0.15) is 27.3 Å².